The number of alkyl halides is 2. The number of hydrogen-bond donors (Lipinski definition) is 1. The number of hydrogen-bond acceptors (Lipinski definition) is 5. The van der Waals surface area contributed by atoms with Crippen LogP contribution in [0.5, 0.6) is 0 Å². The molecule has 0 radical (unpaired) electrons. The van der Waals surface area contributed by atoms with Crippen molar-refractivity contribution in [2.24, 2.45) is 10.7 Å². The molecule has 0 spiro atoms. The maximum Gasteiger partial charge on any atom is 0.270 e. The summed E-state index contributed by atoms with van der Waals surface area (Å²) in [5.74, 6) is -1.45. The average molecular weight is 379 g/mol. The molecule has 0 fully saturated rings. The van der Waals surface area contributed by atoms with E-state index in [0.29, 0.717) is 5.56 Å². The van der Waals surface area contributed by atoms with Crippen LogP contribution in [0, 0.1) is 5.82 Å². The first-order chi connectivity index (χ1) is 11.0. The second-order valence-corrected chi connectivity index (χ2v) is 8.25. The Labute approximate surface area is 143 Å². The van der Waals surface area contributed by atoms with Gasteiger partial charge in [0.05, 0.1) is 10.6 Å². The van der Waals surface area contributed by atoms with Crippen molar-refractivity contribution >= 4 is 33.1 Å². The summed E-state index contributed by atoms with van der Waals surface area (Å²) in [4.78, 5) is 3.62. The molecule has 0 aromatic heterocycles. The zero-order valence-corrected chi connectivity index (χ0v) is 14.6. The molecule has 0 unspecified atom stereocenters. The molecule has 1 aromatic rings. The molecule has 0 saturated carbocycles. The smallest absolute Gasteiger partial charge is 0.270 e. The van der Waals surface area contributed by atoms with Crippen LogP contribution in [0.2, 0.25) is 0 Å². The Balaban J connectivity index is 2.50. The monoisotopic (exact) mass is 379 g/mol. The van der Waals surface area contributed by atoms with Crippen LogP contribution in [0.1, 0.15) is 18.1 Å². The highest BCUT2D eigenvalue weighted by atomic mass is 32.2. The number of halogens is 3. The Morgan fingerprint density at radius 2 is 2.12 bits per heavy atom. The molecule has 24 heavy (non-hydrogen) atoms. The minimum atomic E-state index is -3.77. The number of thiocarbonyl (C=S) groups is 1. The van der Waals surface area contributed by atoms with E-state index in [-0.39, 0.29) is 17.9 Å². The molecule has 132 valence electrons. The predicted molar refractivity (Wildman–Crippen MR) is 89.2 cm³/mol. The average Bonchev–Trinajstić information content (AvgIpc) is 2.46. The number of sulfonamides is 1. The zero-order chi connectivity index (χ0) is 18.3. The lowest BCUT2D eigenvalue weighted by atomic mass is 9.91. The fourth-order valence-electron chi connectivity index (χ4n) is 2.46. The summed E-state index contributed by atoms with van der Waals surface area (Å²) in [5, 5.41) is 0. The van der Waals surface area contributed by atoms with E-state index >= 15 is 0 Å². The van der Waals surface area contributed by atoms with Gasteiger partial charge >= 0.3 is 0 Å². The van der Waals surface area contributed by atoms with Crippen LogP contribution in [-0.2, 0) is 22.0 Å². The molecule has 1 atom stereocenters. The molecule has 5 nitrogen and oxygen atoms in total. The highest BCUT2D eigenvalue weighted by Gasteiger charge is 2.41. The highest BCUT2D eigenvalue weighted by Crippen LogP contribution is 2.34. The van der Waals surface area contributed by atoms with Gasteiger partial charge in [-0.05, 0) is 18.6 Å². The summed E-state index contributed by atoms with van der Waals surface area (Å²) >= 11 is 4.60. The standard InChI is InChI=1S/C14H16F3N3O2S2/c1-14(7-24(21,22)20(2)13(18)19-14)9-5-8(3-4-10(9)15)6-11(23)12(16)17/h3-5,12H,6-7H2,1-2H3,(H2,18,19)/t14-/m0/s1. The van der Waals surface area contributed by atoms with Crippen molar-refractivity contribution in [1.29, 1.82) is 0 Å². The Bertz CT molecular complexity index is 811. The van der Waals surface area contributed by atoms with Crippen molar-refractivity contribution < 1.29 is 21.6 Å². The van der Waals surface area contributed by atoms with Gasteiger partial charge in [0.25, 0.3) is 6.43 Å². The summed E-state index contributed by atoms with van der Waals surface area (Å²) in [5.41, 5.74) is 4.49. The molecule has 0 bridgehead atoms. The zero-order valence-electron chi connectivity index (χ0n) is 13.0. The Kier molecular flexibility index (Phi) is 4.91. The summed E-state index contributed by atoms with van der Waals surface area (Å²) in [6.45, 7) is 1.43. The third-order valence-corrected chi connectivity index (χ3v) is 6.07. The van der Waals surface area contributed by atoms with Gasteiger partial charge in [0.1, 0.15) is 11.4 Å². The lowest BCUT2D eigenvalue weighted by Gasteiger charge is -2.34. The number of nitrogens with two attached hydrogens (primary N) is 1. The highest BCUT2D eigenvalue weighted by molar-refractivity contribution is 7.89. The first-order valence-electron chi connectivity index (χ1n) is 6.88. The van der Waals surface area contributed by atoms with Gasteiger partial charge in [-0.3, -0.25) is 0 Å². The third kappa shape index (κ3) is 3.54. The van der Waals surface area contributed by atoms with Crippen molar-refractivity contribution in [1.82, 2.24) is 4.31 Å². The number of guanidine groups is 1. The largest absolute Gasteiger partial charge is 0.369 e. The van der Waals surface area contributed by atoms with Gasteiger partial charge in [0.2, 0.25) is 16.0 Å². The van der Waals surface area contributed by atoms with Gasteiger partial charge in [0, 0.05) is 19.0 Å². The van der Waals surface area contributed by atoms with Crippen molar-refractivity contribution in [3.63, 3.8) is 0 Å². The number of rotatable bonds is 4. The van der Waals surface area contributed by atoms with Gasteiger partial charge in [-0.2, -0.15) is 0 Å². The second kappa shape index (κ2) is 6.32. The Morgan fingerprint density at radius 1 is 1.50 bits per heavy atom. The van der Waals surface area contributed by atoms with Crippen LogP contribution in [0.15, 0.2) is 23.2 Å². The molecule has 1 aliphatic heterocycles. The quantitative estimate of drug-likeness (QED) is 0.810. The number of benzene rings is 1. The molecule has 1 aromatic carbocycles. The summed E-state index contributed by atoms with van der Waals surface area (Å²) in [7, 11) is -2.52. The van der Waals surface area contributed by atoms with Crippen molar-refractivity contribution in [2.75, 3.05) is 12.8 Å². The van der Waals surface area contributed by atoms with Crippen molar-refractivity contribution in [2.45, 2.75) is 25.3 Å². The first-order valence-corrected chi connectivity index (χ1v) is 8.90. The second-order valence-electron chi connectivity index (χ2n) is 5.73. The van der Waals surface area contributed by atoms with Crippen LogP contribution < -0.4 is 5.73 Å². The predicted octanol–water partition coefficient (Wildman–Crippen LogP) is 1.81. The van der Waals surface area contributed by atoms with Crippen molar-refractivity contribution in [3.8, 4) is 0 Å². The molecule has 0 aliphatic carbocycles. The lowest BCUT2D eigenvalue weighted by Crippen LogP contribution is -2.50. The van der Waals surface area contributed by atoms with E-state index < -0.39 is 38.4 Å². The van der Waals surface area contributed by atoms with E-state index in [1.54, 1.807) is 0 Å². The number of aliphatic imine (C=N–C) groups is 1. The van der Waals surface area contributed by atoms with Crippen molar-refractivity contribution in [3.05, 3.63) is 35.1 Å². The van der Waals surface area contributed by atoms with E-state index in [2.05, 4.69) is 17.2 Å². The summed E-state index contributed by atoms with van der Waals surface area (Å²) in [6.07, 6.45) is -2.98. The normalized spacial score (nSPS) is 23.2. The van der Waals surface area contributed by atoms with Gasteiger partial charge in [-0.1, -0.05) is 24.4 Å². The molecule has 0 saturated heterocycles. The first kappa shape index (κ1) is 18.7. The molecule has 2 N–H and O–H groups in total. The lowest BCUT2D eigenvalue weighted by molar-refractivity contribution is 0.227. The molecule has 10 heteroatoms. The molecule has 1 aliphatic rings. The fraction of sp³-hybridized carbons (Fsp3) is 0.429. The van der Waals surface area contributed by atoms with Gasteiger partial charge in [-0.25, -0.2) is 30.9 Å². The molecule has 1 heterocycles. The maximum atomic E-state index is 14.3. The Morgan fingerprint density at radius 3 is 2.67 bits per heavy atom. The topological polar surface area (TPSA) is 75.8 Å². The van der Waals surface area contributed by atoms with Crippen LogP contribution >= 0.6 is 12.2 Å². The van der Waals surface area contributed by atoms with E-state index in [9.17, 15) is 21.6 Å². The van der Waals surface area contributed by atoms with E-state index in [1.807, 2.05) is 0 Å². The van der Waals surface area contributed by atoms with Gasteiger partial charge in [0.15, 0.2) is 0 Å². The van der Waals surface area contributed by atoms with Gasteiger partial charge < -0.3 is 5.73 Å². The van der Waals surface area contributed by atoms with Crippen LogP contribution in [-0.4, -0.2) is 42.8 Å². The SMILES string of the molecule is CN1C(N)=N[C@](C)(c2cc(CC(=S)C(F)F)ccc2F)CS1(=O)=O. The number of nitrogens with zero attached hydrogens (tertiary/aromatic N) is 2. The molecule has 2 rings (SSSR count). The van der Waals surface area contributed by atoms with E-state index in [4.69, 9.17) is 5.73 Å². The minimum absolute atomic E-state index is 0.0308. The van der Waals surface area contributed by atoms with Crippen LogP contribution in [0.3, 0.4) is 0 Å². The van der Waals surface area contributed by atoms with Gasteiger partial charge in [-0.15, -0.1) is 0 Å². The maximum absolute atomic E-state index is 14.3. The molecular weight excluding hydrogens is 363 g/mol. The van der Waals surface area contributed by atoms with E-state index in [0.717, 1.165) is 10.4 Å². The molecule has 0 amide bonds. The third-order valence-electron chi connectivity index (χ3n) is 3.80. The minimum Gasteiger partial charge on any atom is -0.369 e. The fourth-order valence-corrected chi connectivity index (χ4v) is 4.08. The van der Waals surface area contributed by atoms with Crippen LogP contribution in [0.4, 0.5) is 13.2 Å². The van der Waals surface area contributed by atoms with Crippen LogP contribution in [0.25, 0.3) is 0 Å². The Hall–Kier alpha value is -1.68. The van der Waals surface area contributed by atoms with E-state index in [1.165, 1.54) is 26.1 Å². The summed E-state index contributed by atoms with van der Waals surface area (Å²) < 4.78 is 64.6. The molecular formula is C14H16F3N3O2S2. The summed E-state index contributed by atoms with van der Waals surface area (Å²) in [6, 6.07) is 3.72.